The van der Waals surface area contributed by atoms with Gasteiger partial charge in [-0.2, -0.15) is 0 Å². The van der Waals surface area contributed by atoms with Crippen molar-refractivity contribution in [1.82, 2.24) is 0 Å². The van der Waals surface area contributed by atoms with Gasteiger partial charge < -0.3 is 0 Å². The molecule has 3 aromatic carbocycles. The van der Waals surface area contributed by atoms with Gasteiger partial charge in [0, 0.05) is 0 Å². The van der Waals surface area contributed by atoms with Crippen molar-refractivity contribution < 1.29 is 4.39 Å². The molecule has 36 heavy (non-hydrogen) atoms. The topological polar surface area (TPSA) is 0 Å². The third kappa shape index (κ3) is 5.69. The zero-order valence-corrected chi connectivity index (χ0v) is 23.1. The molecule has 2 aliphatic rings. The molecule has 0 unspecified atom stereocenters. The van der Waals surface area contributed by atoms with E-state index in [-0.39, 0.29) is 5.82 Å². The molecule has 0 nitrogen and oxygen atoms in total. The van der Waals surface area contributed by atoms with Crippen LogP contribution in [0.1, 0.15) is 76.2 Å². The van der Waals surface area contributed by atoms with Gasteiger partial charge in [0.2, 0.25) is 0 Å². The number of hydrogen-bond acceptors (Lipinski definition) is 0. The highest BCUT2D eigenvalue weighted by molar-refractivity contribution is 6.92. The molecule has 0 N–H and O–H groups in total. The van der Waals surface area contributed by atoms with Gasteiger partial charge in [-0.25, -0.2) is 4.39 Å². The minimum atomic E-state index is -1.34. The minimum absolute atomic E-state index is 0.158. The van der Waals surface area contributed by atoms with Gasteiger partial charge in [-0.05, 0) is 72.3 Å². The highest BCUT2D eigenvalue weighted by Crippen LogP contribution is 2.47. The largest absolute Gasteiger partial charge is 0.207 e. The fraction of sp³-hybridized carbons (Fsp3) is 0.471. The summed E-state index contributed by atoms with van der Waals surface area (Å²) in [5.41, 5.74) is 3.91. The van der Waals surface area contributed by atoms with Gasteiger partial charge in [-0.3, -0.25) is 0 Å². The Kier molecular flexibility index (Phi) is 8.42. The van der Waals surface area contributed by atoms with Crippen molar-refractivity contribution in [2.45, 2.75) is 88.8 Å². The first-order valence-electron chi connectivity index (χ1n) is 14.6. The maximum absolute atomic E-state index is 13.5. The Morgan fingerprint density at radius 1 is 0.694 bits per heavy atom. The molecule has 1 heterocycles. The van der Waals surface area contributed by atoms with E-state index >= 15 is 0 Å². The Morgan fingerprint density at radius 3 is 2.03 bits per heavy atom. The molecular formula is C34H43FSi. The third-order valence-corrected chi connectivity index (χ3v) is 15.0. The zero-order valence-electron chi connectivity index (χ0n) is 22.1. The molecular weight excluding hydrogens is 455 g/mol. The summed E-state index contributed by atoms with van der Waals surface area (Å²) in [6.07, 6.45) is 12.5. The smallest absolute Gasteiger partial charge is 0.123 e. The molecule has 1 aliphatic carbocycles. The maximum Gasteiger partial charge on any atom is 0.123 e. The van der Waals surface area contributed by atoms with Crippen LogP contribution in [0.15, 0.2) is 78.9 Å². The van der Waals surface area contributed by atoms with E-state index in [0.29, 0.717) is 5.92 Å². The molecule has 1 aliphatic heterocycles. The minimum Gasteiger partial charge on any atom is -0.207 e. The van der Waals surface area contributed by atoms with Crippen LogP contribution in [0.4, 0.5) is 4.39 Å². The molecule has 0 spiro atoms. The van der Waals surface area contributed by atoms with E-state index in [1.54, 1.807) is 17.3 Å². The second kappa shape index (κ2) is 11.9. The van der Waals surface area contributed by atoms with E-state index in [1.807, 2.05) is 12.1 Å². The standard InChI is InChI=1S/C34H43FSi/c1-2-3-9-24-36(32-10-5-4-6-11-32)25-22-28(23-26-36)27-14-16-29(17-15-27)33-12-7-8-13-34(33)30-18-20-31(35)21-19-30/h4-8,10-13,18-21,27-29H,2-3,9,14-17,22-26H2,1H3. The number of hydrogen-bond donors (Lipinski definition) is 0. The molecule has 190 valence electrons. The van der Waals surface area contributed by atoms with E-state index in [1.165, 1.54) is 87.0 Å². The summed E-state index contributed by atoms with van der Waals surface area (Å²) in [5, 5.41) is 1.74. The normalized spacial score (nSPS) is 26.6. The van der Waals surface area contributed by atoms with E-state index in [0.717, 1.165) is 17.4 Å². The van der Waals surface area contributed by atoms with Gasteiger partial charge in [0.1, 0.15) is 5.82 Å². The Labute approximate surface area is 219 Å². The van der Waals surface area contributed by atoms with Gasteiger partial charge in [0.15, 0.2) is 0 Å². The predicted molar refractivity (Wildman–Crippen MR) is 155 cm³/mol. The average molecular weight is 499 g/mol. The van der Waals surface area contributed by atoms with Crippen molar-refractivity contribution in [3.63, 3.8) is 0 Å². The SMILES string of the molecule is CCCCC[Si]1(c2ccccc2)CCC(C2CCC(c3ccccc3-c3ccc(F)cc3)CC2)CC1. The van der Waals surface area contributed by atoms with Crippen LogP contribution in [-0.4, -0.2) is 8.07 Å². The first-order valence-corrected chi connectivity index (χ1v) is 17.2. The van der Waals surface area contributed by atoms with Crippen molar-refractivity contribution in [3.8, 4) is 11.1 Å². The number of halogens is 1. The van der Waals surface area contributed by atoms with Crippen LogP contribution in [0, 0.1) is 17.7 Å². The second-order valence-electron chi connectivity index (χ2n) is 11.6. The lowest BCUT2D eigenvalue weighted by atomic mass is 9.71. The van der Waals surface area contributed by atoms with Crippen LogP contribution in [0.25, 0.3) is 11.1 Å². The summed E-state index contributed by atoms with van der Waals surface area (Å²) in [5.74, 6) is 2.33. The first-order chi connectivity index (χ1) is 17.7. The van der Waals surface area contributed by atoms with Crippen molar-refractivity contribution in [2.75, 3.05) is 0 Å². The maximum atomic E-state index is 13.5. The van der Waals surface area contributed by atoms with Crippen molar-refractivity contribution in [1.29, 1.82) is 0 Å². The van der Waals surface area contributed by atoms with Gasteiger partial charge in [0.05, 0.1) is 8.07 Å². The van der Waals surface area contributed by atoms with Crippen LogP contribution >= 0.6 is 0 Å². The molecule has 1 saturated heterocycles. The molecule has 0 radical (unpaired) electrons. The lowest BCUT2D eigenvalue weighted by molar-refractivity contribution is 0.215. The van der Waals surface area contributed by atoms with Crippen LogP contribution in [0.5, 0.6) is 0 Å². The molecule has 1 saturated carbocycles. The van der Waals surface area contributed by atoms with Gasteiger partial charge in [-0.15, -0.1) is 0 Å². The molecule has 0 aromatic heterocycles. The van der Waals surface area contributed by atoms with Crippen molar-refractivity contribution in [2.24, 2.45) is 11.8 Å². The highest BCUT2D eigenvalue weighted by atomic mass is 28.3. The fourth-order valence-electron chi connectivity index (χ4n) is 7.50. The summed E-state index contributed by atoms with van der Waals surface area (Å²) < 4.78 is 13.5. The Hall–Kier alpha value is -2.19. The molecule has 2 heteroatoms. The van der Waals surface area contributed by atoms with E-state index in [2.05, 4.69) is 61.5 Å². The molecule has 0 amide bonds. The lowest BCUT2D eigenvalue weighted by Gasteiger charge is -2.43. The van der Waals surface area contributed by atoms with E-state index in [9.17, 15) is 4.39 Å². The molecule has 3 aromatic rings. The fourth-order valence-corrected chi connectivity index (χ4v) is 12.8. The third-order valence-electron chi connectivity index (χ3n) is 9.63. The molecule has 0 atom stereocenters. The number of benzene rings is 3. The molecule has 0 bridgehead atoms. The van der Waals surface area contributed by atoms with Crippen LogP contribution in [-0.2, 0) is 0 Å². The van der Waals surface area contributed by atoms with Crippen molar-refractivity contribution in [3.05, 3.63) is 90.2 Å². The summed E-state index contributed by atoms with van der Waals surface area (Å²) in [6.45, 7) is 2.34. The van der Waals surface area contributed by atoms with Gasteiger partial charge in [-0.1, -0.05) is 129 Å². The Bertz CT molecular complexity index is 1070. The molecule has 2 fully saturated rings. The Balaban J connectivity index is 1.22. The van der Waals surface area contributed by atoms with E-state index < -0.39 is 8.07 Å². The second-order valence-corrected chi connectivity index (χ2v) is 16.3. The van der Waals surface area contributed by atoms with Crippen LogP contribution in [0.2, 0.25) is 18.1 Å². The van der Waals surface area contributed by atoms with Gasteiger partial charge in [0.25, 0.3) is 0 Å². The van der Waals surface area contributed by atoms with Crippen LogP contribution < -0.4 is 5.19 Å². The molecule has 5 rings (SSSR count). The number of unbranched alkanes of at least 4 members (excludes halogenated alkanes) is 2. The monoisotopic (exact) mass is 498 g/mol. The summed E-state index contributed by atoms with van der Waals surface area (Å²) in [7, 11) is -1.34. The van der Waals surface area contributed by atoms with Crippen LogP contribution in [0.3, 0.4) is 0 Å². The average Bonchev–Trinajstić information content (AvgIpc) is 2.95. The quantitative estimate of drug-likeness (QED) is 0.214. The van der Waals surface area contributed by atoms with E-state index in [4.69, 9.17) is 0 Å². The highest BCUT2D eigenvalue weighted by Gasteiger charge is 2.41. The summed E-state index contributed by atoms with van der Waals surface area (Å²) >= 11 is 0. The Morgan fingerprint density at radius 2 is 1.33 bits per heavy atom. The zero-order chi connectivity index (χ0) is 24.8. The lowest BCUT2D eigenvalue weighted by Crippen LogP contribution is -2.50. The first kappa shape index (κ1) is 25.5. The number of rotatable bonds is 8. The van der Waals surface area contributed by atoms with Gasteiger partial charge >= 0.3 is 0 Å². The van der Waals surface area contributed by atoms with Crippen molar-refractivity contribution >= 4 is 13.3 Å². The summed E-state index contributed by atoms with van der Waals surface area (Å²) in [6, 6.07) is 32.1. The predicted octanol–water partition coefficient (Wildman–Crippen LogP) is 9.72. The summed E-state index contributed by atoms with van der Waals surface area (Å²) in [4.78, 5) is 0.